The molecule has 0 rings (SSSR count). The van der Waals surface area contributed by atoms with Crippen molar-refractivity contribution >= 4 is 6.29 Å². The second-order valence-corrected chi connectivity index (χ2v) is 2.32. The summed E-state index contributed by atoms with van der Waals surface area (Å²) in [5.41, 5.74) is 0. The molecule has 10 heavy (non-hydrogen) atoms. The number of carbonyl (C=O) groups is 1. The lowest BCUT2D eigenvalue weighted by molar-refractivity contribution is -0.104. The highest BCUT2D eigenvalue weighted by Gasteiger charge is 2.05. The van der Waals surface area contributed by atoms with E-state index in [-0.39, 0.29) is 6.10 Å². The predicted molar refractivity (Wildman–Crippen MR) is 40.8 cm³/mol. The van der Waals surface area contributed by atoms with Crippen LogP contribution in [-0.4, -0.2) is 19.5 Å². The number of ether oxygens (including phenoxy) is 1. The highest BCUT2D eigenvalue weighted by atomic mass is 16.5. The first-order valence-corrected chi connectivity index (χ1v) is 3.37. The highest BCUT2D eigenvalue weighted by Crippen LogP contribution is 2.06. The molecule has 0 aromatic heterocycles. The number of hydrogen-bond donors (Lipinski definition) is 0. The van der Waals surface area contributed by atoms with Gasteiger partial charge in [0, 0.05) is 13.0 Å². The Morgan fingerprint density at radius 2 is 2.00 bits per heavy atom. The standard InChI is InChI=1S/C8H14O2/c1-7(5-4-6-9)8(2)10-3/h4-8H,1-3H3/b5-4+. The second-order valence-electron chi connectivity index (χ2n) is 2.32. The minimum absolute atomic E-state index is 0.177. The van der Waals surface area contributed by atoms with E-state index in [0.29, 0.717) is 5.92 Å². The topological polar surface area (TPSA) is 26.3 Å². The van der Waals surface area contributed by atoms with Gasteiger partial charge in [0.15, 0.2) is 0 Å². The number of aldehydes is 1. The summed E-state index contributed by atoms with van der Waals surface area (Å²) < 4.78 is 5.04. The monoisotopic (exact) mass is 142 g/mol. The van der Waals surface area contributed by atoms with Crippen LogP contribution in [0.4, 0.5) is 0 Å². The summed E-state index contributed by atoms with van der Waals surface area (Å²) in [6.45, 7) is 3.98. The molecule has 0 saturated carbocycles. The van der Waals surface area contributed by atoms with Crippen LogP contribution in [0.2, 0.25) is 0 Å². The van der Waals surface area contributed by atoms with Gasteiger partial charge >= 0.3 is 0 Å². The first kappa shape index (κ1) is 9.37. The lowest BCUT2D eigenvalue weighted by Gasteiger charge is -2.13. The lowest BCUT2D eigenvalue weighted by Crippen LogP contribution is -2.13. The molecule has 2 unspecified atom stereocenters. The summed E-state index contributed by atoms with van der Waals surface area (Å²) in [6, 6.07) is 0. The average molecular weight is 142 g/mol. The number of hydrogen-bond acceptors (Lipinski definition) is 2. The van der Waals surface area contributed by atoms with E-state index in [2.05, 4.69) is 0 Å². The van der Waals surface area contributed by atoms with Gasteiger partial charge in [-0.1, -0.05) is 13.0 Å². The minimum atomic E-state index is 0.177. The van der Waals surface area contributed by atoms with E-state index in [1.165, 1.54) is 6.08 Å². The molecule has 0 aliphatic heterocycles. The number of allylic oxidation sites excluding steroid dienone is 1. The molecule has 2 heteroatoms. The Balaban J connectivity index is 3.70. The Morgan fingerprint density at radius 1 is 1.40 bits per heavy atom. The van der Waals surface area contributed by atoms with Gasteiger partial charge in [-0.05, 0) is 13.0 Å². The van der Waals surface area contributed by atoms with E-state index >= 15 is 0 Å². The molecule has 0 amide bonds. The molecule has 0 aromatic rings. The summed E-state index contributed by atoms with van der Waals surface area (Å²) in [6.07, 6.45) is 4.29. The fraction of sp³-hybridized carbons (Fsp3) is 0.625. The van der Waals surface area contributed by atoms with Gasteiger partial charge in [0.05, 0.1) is 6.10 Å². The van der Waals surface area contributed by atoms with Crippen LogP contribution in [-0.2, 0) is 9.53 Å². The zero-order valence-corrected chi connectivity index (χ0v) is 6.70. The first-order chi connectivity index (χ1) is 4.72. The zero-order chi connectivity index (χ0) is 7.98. The maximum atomic E-state index is 9.89. The van der Waals surface area contributed by atoms with E-state index < -0.39 is 0 Å². The smallest absolute Gasteiger partial charge is 0.142 e. The first-order valence-electron chi connectivity index (χ1n) is 3.37. The second kappa shape index (κ2) is 5.18. The largest absolute Gasteiger partial charge is 0.381 e. The van der Waals surface area contributed by atoms with E-state index in [9.17, 15) is 4.79 Å². The summed E-state index contributed by atoms with van der Waals surface area (Å²) in [7, 11) is 1.66. The third-order valence-electron chi connectivity index (χ3n) is 1.61. The Bertz CT molecular complexity index is 118. The summed E-state index contributed by atoms with van der Waals surface area (Å²) in [5.74, 6) is 0.301. The quantitative estimate of drug-likeness (QED) is 0.438. The third-order valence-corrected chi connectivity index (χ3v) is 1.61. The van der Waals surface area contributed by atoms with Crippen LogP contribution in [0.15, 0.2) is 12.2 Å². The summed E-state index contributed by atoms with van der Waals surface area (Å²) in [4.78, 5) is 9.89. The van der Waals surface area contributed by atoms with Crippen molar-refractivity contribution in [3.8, 4) is 0 Å². The van der Waals surface area contributed by atoms with E-state index in [1.54, 1.807) is 7.11 Å². The molecule has 2 atom stereocenters. The van der Waals surface area contributed by atoms with Crippen molar-refractivity contribution in [2.24, 2.45) is 5.92 Å². The van der Waals surface area contributed by atoms with Gasteiger partial charge in [-0.2, -0.15) is 0 Å². The van der Waals surface area contributed by atoms with Crippen LogP contribution in [0, 0.1) is 5.92 Å². The van der Waals surface area contributed by atoms with Crippen molar-refractivity contribution in [1.82, 2.24) is 0 Å². The summed E-state index contributed by atoms with van der Waals surface area (Å²) >= 11 is 0. The average Bonchev–Trinajstić information content (AvgIpc) is 1.98. The van der Waals surface area contributed by atoms with Gasteiger partial charge in [-0.3, -0.25) is 4.79 Å². The van der Waals surface area contributed by atoms with Gasteiger partial charge in [-0.15, -0.1) is 0 Å². The van der Waals surface area contributed by atoms with Crippen LogP contribution in [0.5, 0.6) is 0 Å². The molecular formula is C8H14O2. The Hall–Kier alpha value is -0.630. The molecule has 0 aromatic carbocycles. The molecule has 0 bridgehead atoms. The molecule has 0 spiro atoms. The van der Waals surface area contributed by atoms with Gasteiger partial charge < -0.3 is 4.74 Å². The van der Waals surface area contributed by atoms with Crippen LogP contribution in [0.25, 0.3) is 0 Å². The fourth-order valence-corrected chi connectivity index (χ4v) is 0.592. The Labute approximate surface area is 61.9 Å². The highest BCUT2D eigenvalue weighted by molar-refractivity contribution is 5.64. The normalized spacial score (nSPS) is 17.1. The van der Waals surface area contributed by atoms with Gasteiger partial charge in [0.1, 0.15) is 6.29 Å². The SMILES string of the molecule is COC(C)C(C)/C=C/C=O. The van der Waals surface area contributed by atoms with Crippen molar-refractivity contribution in [2.45, 2.75) is 20.0 Å². The number of methoxy groups -OCH3 is 1. The molecule has 58 valence electrons. The van der Waals surface area contributed by atoms with Gasteiger partial charge in [0.2, 0.25) is 0 Å². The maximum absolute atomic E-state index is 9.89. The van der Waals surface area contributed by atoms with E-state index in [0.717, 1.165) is 6.29 Å². The minimum Gasteiger partial charge on any atom is -0.381 e. The molecule has 0 heterocycles. The van der Waals surface area contributed by atoms with Crippen molar-refractivity contribution in [1.29, 1.82) is 0 Å². The van der Waals surface area contributed by atoms with Gasteiger partial charge in [-0.25, -0.2) is 0 Å². The van der Waals surface area contributed by atoms with Crippen LogP contribution in [0.3, 0.4) is 0 Å². The van der Waals surface area contributed by atoms with Crippen molar-refractivity contribution in [3.05, 3.63) is 12.2 Å². The fourth-order valence-electron chi connectivity index (χ4n) is 0.592. The molecule has 0 N–H and O–H groups in total. The van der Waals surface area contributed by atoms with Crippen molar-refractivity contribution < 1.29 is 9.53 Å². The summed E-state index contributed by atoms with van der Waals surface area (Å²) in [5, 5.41) is 0. The molecule has 0 saturated heterocycles. The van der Waals surface area contributed by atoms with Crippen molar-refractivity contribution in [3.63, 3.8) is 0 Å². The Morgan fingerprint density at radius 3 is 2.40 bits per heavy atom. The van der Waals surface area contributed by atoms with Crippen LogP contribution < -0.4 is 0 Å². The Kier molecular flexibility index (Phi) is 4.85. The van der Waals surface area contributed by atoms with E-state index in [4.69, 9.17) is 4.74 Å². The van der Waals surface area contributed by atoms with Crippen LogP contribution >= 0.6 is 0 Å². The van der Waals surface area contributed by atoms with E-state index in [1.807, 2.05) is 19.9 Å². The molecule has 2 nitrogen and oxygen atoms in total. The molecule has 0 radical (unpaired) electrons. The lowest BCUT2D eigenvalue weighted by atomic mass is 10.1. The maximum Gasteiger partial charge on any atom is 0.142 e. The molecule has 0 aliphatic carbocycles. The number of carbonyl (C=O) groups excluding carboxylic acids is 1. The third kappa shape index (κ3) is 3.41. The van der Waals surface area contributed by atoms with Crippen molar-refractivity contribution in [2.75, 3.05) is 7.11 Å². The predicted octanol–water partition coefficient (Wildman–Crippen LogP) is 1.41. The molecule has 0 fully saturated rings. The van der Waals surface area contributed by atoms with Gasteiger partial charge in [0.25, 0.3) is 0 Å². The zero-order valence-electron chi connectivity index (χ0n) is 6.70. The number of rotatable bonds is 4. The molecule has 0 aliphatic rings. The van der Waals surface area contributed by atoms with Crippen LogP contribution in [0.1, 0.15) is 13.8 Å². The molecular weight excluding hydrogens is 128 g/mol.